The van der Waals surface area contributed by atoms with Crippen LogP contribution in [0.4, 0.5) is 0 Å². The van der Waals surface area contributed by atoms with Crippen LogP contribution in [-0.4, -0.2) is 10.00 Å². The standard InChI is InChI=1S/C12H21NS/c1-5-11(6-2)7-12(8-11,9-13)14-10(3)4/h10H,5-8H2,1-4H3. The van der Waals surface area contributed by atoms with E-state index in [-0.39, 0.29) is 4.75 Å². The van der Waals surface area contributed by atoms with Crippen LogP contribution in [0.5, 0.6) is 0 Å². The molecule has 1 saturated carbocycles. The number of hydrogen-bond donors (Lipinski definition) is 0. The fourth-order valence-corrected chi connectivity index (χ4v) is 4.28. The Labute approximate surface area is 92.3 Å². The summed E-state index contributed by atoms with van der Waals surface area (Å²) >= 11 is 1.86. The Balaban J connectivity index is 2.61. The summed E-state index contributed by atoms with van der Waals surface area (Å²) in [5.41, 5.74) is 0.484. The van der Waals surface area contributed by atoms with Crippen LogP contribution in [-0.2, 0) is 0 Å². The molecule has 0 unspecified atom stereocenters. The van der Waals surface area contributed by atoms with E-state index in [4.69, 9.17) is 0 Å². The van der Waals surface area contributed by atoms with Gasteiger partial charge in [0.2, 0.25) is 0 Å². The maximum absolute atomic E-state index is 9.24. The van der Waals surface area contributed by atoms with Crippen LogP contribution >= 0.6 is 11.8 Å². The average molecular weight is 211 g/mol. The molecule has 1 aliphatic rings. The minimum absolute atomic E-state index is 0.0554. The van der Waals surface area contributed by atoms with E-state index < -0.39 is 0 Å². The molecule has 0 radical (unpaired) electrons. The van der Waals surface area contributed by atoms with Crippen molar-refractivity contribution in [3.05, 3.63) is 0 Å². The molecule has 1 aliphatic carbocycles. The molecule has 0 atom stereocenters. The monoisotopic (exact) mass is 211 g/mol. The van der Waals surface area contributed by atoms with Crippen LogP contribution in [0.1, 0.15) is 53.4 Å². The minimum atomic E-state index is -0.0554. The van der Waals surface area contributed by atoms with Crippen LogP contribution in [0.2, 0.25) is 0 Å². The Hall–Kier alpha value is -0.160. The molecular formula is C12H21NS. The number of nitriles is 1. The van der Waals surface area contributed by atoms with Crippen molar-refractivity contribution in [2.24, 2.45) is 5.41 Å². The SMILES string of the molecule is CCC1(CC)CC(C#N)(SC(C)C)C1. The Morgan fingerprint density at radius 1 is 1.29 bits per heavy atom. The van der Waals surface area contributed by atoms with Gasteiger partial charge in [-0.15, -0.1) is 11.8 Å². The molecule has 0 bridgehead atoms. The van der Waals surface area contributed by atoms with Gasteiger partial charge in [0.15, 0.2) is 0 Å². The number of thioether (sulfide) groups is 1. The van der Waals surface area contributed by atoms with Crippen molar-refractivity contribution < 1.29 is 0 Å². The van der Waals surface area contributed by atoms with Gasteiger partial charge in [-0.1, -0.05) is 40.5 Å². The topological polar surface area (TPSA) is 23.8 Å². The summed E-state index contributed by atoms with van der Waals surface area (Å²) in [5, 5.41) is 9.81. The first kappa shape index (κ1) is 11.9. The Bertz CT molecular complexity index is 227. The summed E-state index contributed by atoms with van der Waals surface area (Å²) in [4.78, 5) is 0. The normalized spacial score (nSPS) is 22.9. The van der Waals surface area contributed by atoms with Gasteiger partial charge in [0.05, 0.1) is 6.07 Å². The minimum Gasteiger partial charge on any atom is -0.197 e. The van der Waals surface area contributed by atoms with Gasteiger partial charge in [0, 0.05) is 5.25 Å². The molecule has 0 saturated heterocycles. The molecule has 0 aromatic rings. The first-order valence-electron chi connectivity index (χ1n) is 5.60. The van der Waals surface area contributed by atoms with Crippen molar-refractivity contribution in [2.75, 3.05) is 0 Å². The zero-order chi connectivity index (χ0) is 10.8. The van der Waals surface area contributed by atoms with E-state index in [2.05, 4.69) is 33.8 Å². The lowest BCUT2D eigenvalue weighted by atomic mass is 9.59. The van der Waals surface area contributed by atoms with Gasteiger partial charge in [-0.2, -0.15) is 5.26 Å². The van der Waals surface area contributed by atoms with E-state index in [1.165, 1.54) is 12.8 Å². The van der Waals surface area contributed by atoms with Gasteiger partial charge in [-0.3, -0.25) is 0 Å². The molecule has 80 valence electrons. The van der Waals surface area contributed by atoms with Crippen molar-refractivity contribution in [2.45, 2.75) is 63.4 Å². The fourth-order valence-electron chi connectivity index (χ4n) is 2.55. The summed E-state index contributed by atoms with van der Waals surface area (Å²) in [7, 11) is 0. The third-order valence-electron chi connectivity index (χ3n) is 3.49. The number of rotatable bonds is 4. The summed E-state index contributed by atoms with van der Waals surface area (Å²) in [6.45, 7) is 8.87. The first-order chi connectivity index (χ1) is 6.51. The molecular weight excluding hydrogens is 190 g/mol. The van der Waals surface area contributed by atoms with E-state index in [1.54, 1.807) is 0 Å². The smallest absolute Gasteiger partial charge is 0.104 e. The van der Waals surface area contributed by atoms with Crippen molar-refractivity contribution in [3.8, 4) is 6.07 Å². The molecule has 0 aliphatic heterocycles. The van der Waals surface area contributed by atoms with Crippen LogP contribution in [0, 0.1) is 16.7 Å². The molecule has 0 aromatic heterocycles. The molecule has 1 fully saturated rings. The molecule has 0 aromatic carbocycles. The summed E-state index contributed by atoms with van der Waals surface area (Å²) in [6, 6.07) is 2.53. The molecule has 14 heavy (non-hydrogen) atoms. The van der Waals surface area contributed by atoms with E-state index in [9.17, 15) is 5.26 Å². The second-order valence-corrected chi connectivity index (χ2v) is 6.79. The predicted octanol–water partition coefficient (Wildman–Crippen LogP) is 3.99. The lowest BCUT2D eigenvalue weighted by Crippen LogP contribution is -2.48. The summed E-state index contributed by atoms with van der Waals surface area (Å²) < 4.78 is -0.0554. The summed E-state index contributed by atoms with van der Waals surface area (Å²) in [5.74, 6) is 0. The predicted molar refractivity (Wildman–Crippen MR) is 63.3 cm³/mol. The first-order valence-corrected chi connectivity index (χ1v) is 6.48. The van der Waals surface area contributed by atoms with Crippen molar-refractivity contribution in [1.29, 1.82) is 5.26 Å². The molecule has 1 nitrogen and oxygen atoms in total. The fraction of sp³-hybridized carbons (Fsp3) is 0.917. The maximum Gasteiger partial charge on any atom is 0.104 e. The lowest BCUT2D eigenvalue weighted by Gasteiger charge is -2.52. The van der Waals surface area contributed by atoms with Crippen LogP contribution in [0.3, 0.4) is 0 Å². The van der Waals surface area contributed by atoms with E-state index >= 15 is 0 Å². The third-order valence-corrected chi connectivity index (χ3v) is 4.79. The van der Waals surface area contributed by atoms with Gasteiger partial charge in [0.1, 0.15) is 4.75 Å². The zero-order valence-corrected chi connectivity index (χ0v) is 10.6. The Kier molecular flexibility index (Phi) is 3.53. The van der Waals surface area contributed by atoms with E-state index in [0.29, 0.717) is 10.7 Å². The highest BCUT2D eigenvalue weighted by molar-refractivity contribution is 8.01. The van der Waals surface area contributed by atoms with Gasteiger partial charge in [-0.25, -0.2) is 0 Å². The second-order valence-electron chi connectivity index (χ2n) is 4.83. The van der Waals surface area contributed by atoms with Gasteiger partial charge in [-0.05, 0) is 18.3 Å². The maximum atomic E-state index is 9.24. The number of nitrogens with zero attached hydrogens (tertiary/aromatic N) is 1. The molecule has 0 heterocycles. The van der Waals surface area contributed by atoms with Crippen molar-refractivity contribution >= 4 is 11.8 Å². The van der Waals surface area contributed by atoms with Crippen molar-refractivity contribution in [3.63, 3.8) is 0 Å². The lowest BCUT2D eigenvalue weighted by molar-refractivity contribution is 0.0982. The Morgan fingerprint density at radius 3 is 2.07 bits per heavy atom. The third kappa shape index (κ3) is 2.08. The van der Waals surface area contributed by atoms with Crippen LogP contribution in [0.25, 0.3) is 0 Å². The molecule has 0 spiro atoms. The summed E-state index contributed by atoms with van der Waals surface area (Å²) in [6.07, 6.45) is 4.66. The van der Waals surface area contributed by atoms with E-state index in [0.717, 1.165) is 12.8 Å². The van der Waals surface area contributed by atoms with Gasteiger partial charge >= 0.3 is 0 Å². The van der Waals surface area contributed by atoms with Gasteiger partial charge in [0.25, 0.3) is 0 Å². The molecule has 0 N–H and O–H groups in total. The van der Waals surface area contributed by atoms with Crippen LogP contribution < -0.4 is 0 Å². The highest BCUT2D eigenvalue weighted by Crippen LogP contribution is 2.59. The highest BCUT2D eigenvalue weighted by atomic mass is 32.2. The molecule has 1 rings (SSSR count). The highest BCUT2D eigenvalue weighted by Gasteiger charge is 2.53. The Morgan fingerprint density at radius 2 is 1.79 bits per heavy atom. The van der Waals surface area contributed by atoms with Gasteiger partial charge < -0.3 is 0 Å². The van der Waals surface area contributed by atoms with Crippen molar-refractivity contribution in [1.82, 2.24) is 0 Å². The quantitative estimate of drug-likeness (QED) is 0.702. The number of hydrogen-bond acceptors (Lipinski definition) is 2. The van der Waals surface area contributed by atoms with E-state index in [1.807, 2.05) is 11.8 Å². The molecule has 0 amide bonds. The molecule has 2 heteroatoms. The average Bonchev–Trinajstić information content (AvgIpc) is 2.10. The zero-order valence-electron chi connectivity index (χ0n) is 9.76. The second kappa shape index (κ2) is 4.14. The van der Waals surface area contributed by atoms with Crippen LogP contribution in [0.15, 0.2) is 0 Å². The largest absolute Gasteiger partial charge is 0.197 e.